The fourth-order valence-electron chi connectivity index (χ4n) is 6.72. The van der Waals surface area contributed by atoms with Crippen LogP contribution < -0.4 is 10.6 Å². The molecular weight excluding hydrogens is 811 g/mol. The lowest BCUT2D eigenvalue weighted by Gasteiger charge is -2.40. The number of nitrogens with zero attached hydrogens (tertiary/aromatic N) is 3. The van der Waals surface area contributed by atoms with E-state index in [1.54, 1.807) is 85.2 Å². The number of ether oxygens (including phenoxy) is 3. The van der Waals surface area contributed by atoms with Crippen molar-refractivity contribution in [3.8, 4) is 0 Å². The number of hydrogen-bond donors (Lipinski definition) is 2. The molecular formula is C43H63N5O12S. The summed E-state index contributed by atoms with van der Waals surface area (Å²) in [5, 5.41) is 4.91. The molecule has 1 fully saturated rings. The summed E-state index contributed by atoms with van der Waals surface area (Å²) in [7, 11) is 3.01. The van der Waals surface area contributed by atoms with Gasteiger partial charge < -0.3 is 29.7 Å². The van der Waals surface area contributed by atoms with Crippen molar-refractivity contribution in [1.82, 2.24) is 25.3 Å². The first-order valence-corrected chi connectivity index (χ1v) is 21.2. The van der Waals surface area contributed by atoms with Crippen molar-refractivity contribution >= 4 is 66.1 Å². The summed E-state index contributed by atoms with van der Waals surface area (Å²) in [5.74, 6) is -2.75. The van der Waals surface area contributed by atoms with Gasteiger partial charge in [-0.25, -0.2) is 4.79 Å². The van der Waals surface area contributed by atoms with Gasteiger partial charge >= 0.3 is 6.09 Å². The van der Waals surface area contributed by atoms with E-state index in [4.69, 9.17) is 9.47 Å². The van der Waals surface area contributed by atoms with Crippen LogP contribution >= 0.6 is 11.8 Å². The van der Waals surface area contributed by atoms with Crippen LogP contribution in [0, 0.1) is 16.7 Å². The van der Waals surface area contributed by atoms with Crippen molar-refractivity contribution in [2.45, 2.75) is 118 Å². The number of carbonyl (C=O) groups excluding carboxylic acids is 9. The molecule has 1 heterocycles. The number of likely N-dealkylation sites (tertiary alicyclic amines) is 1. The van der Waals surface area contributed by atoms with Gasteiger partial charge in [0.1, 0.15) is 25.3 Å². The maximum absolute atomic E-state index is 14.3. The number of nitrogens with one attached hydrogen (secondary N) is 2. The van der Waals surface area contributed by atoms with Crippen LogP contribution in [0.5, 0.6) is 0 Å². The molecule has 2 N–H and O–H groups in total. The minimum absolute atomic E-state index is 0.104. The number of thioether (sulfide) groups is 1. The molecule has 1 aromatic carbocycles. The molecule has 1 aromatic rings. The third-order valence-corrected chi connectivity index (χ3v) is 11.1. The molecule has 6 amide bonds. The number of Topliss-reactive ketones (excluding diaryl/α,β-unsaturated/α-hetero) is 1. The fraction of sp³-hybridized carbons (Fsp3) is 0.605. The van der Waals surface area contributed by atoms with E-state index in [1.807, 2.05) is 13.8 Å². The Hall–Kier alpha value is -5.26. The number of benzene rings is 1. The van der Waals surface area contributed by atoms with E-state index in [9.17, 15) is 43.2 Å². The van der Waals surface area contributed by atoms with Gasteiger partial charge in [0.25, 0.3) is 12.9 Å². The quantitative estimate of drug-likeness (QED) is 0.0563. The summed E-state index contributed by atoms with van der Waals surface area (Å²) >= 11 is 1.29. The highest BCUT2D eigenvalue weighted by atomic mass is 32.2. The summed E-state index contributed by atoms with van der Waals surface area (Å²) in [6, 6.07) is 4.33. The van der Waals surface area contributed by atoms with Gasteiger partial charge in [-0.15, -0.1) is 0 Å². The van der Waals surface area contributed by atoms with E-state index in [2.05, 4.69) is 15.4 Å². The number of imide groups is 1. The SMILES string of the molecule is CSC1CC(=O)N(CC(=O)CCc2ccc(COC(=O)N(C)[C@H](C(=O)N[C@H](C(=O)N(C)[C@H](/C=C(\C)C(=O)NC(COC=O)OC=O)C(C)C)C(C)(C)C)C(C)(C)C)cc2)C1=O. The van der Waals surface area contributed by atoms with Gasteiger partial charge in [-0.1, -0.05) is 85.7 Å². The highest BCUT2D eigenvalue weighted by molar-refractivity contribution is 8.00. The van der Waals surface area contributed by atoms with Crippen LogP contribution in [0.2, 0.25) is 0 Å². The van der Waals surface area contributed by atoms with Gasteiger partial charge in [-0.3, -0.25) is 48.2 Å². The number of aryl methyl sites for hydroxylation is 1. The highest BCUT2D eigenvalue weighted by Crippen LogP contribution is 2.28. The molecule has 1 saturated heterocycles. The number of hydrogen-bond acceptors (Lipinski definition) is 13. The molecule has 17 nitrogen and oxygen atoms in total. The molecule has 1 aliphatic rings. The Balaban J connectivity index is 2.14. The molecule has 18 heteroatoms. The number of likely N-dealkylation sites (N-methyl/N-ethyl adjacent to an activating group) is 2. The normalized spacial score (nSPS) is 16.5. The van der Waals surface area contributed by atoms with E-state index in [0.717, 1.165) is 10.5 Å². The van der Waals surface area contributed by atoms with E-state index in [1.165, 1.54) is 35.5 Å². The van der Waals surface area contributed by atoms with Gasteiger partial charge in [-0.2, -0.15) is 11.8 Å². The first kappa shape index (κ1) is 51.9. The second-order valence-corrected chi connectivity index (χ2v) is 18.5. The lowest BCUT2D eigenvalue weighted by Crippen LogP contribution is -2.61. The lowest BCUT2D eigenvalue weighted by atomic mass is 9.82. The zero-order chi connectivity index (χ0) is 46.4. The van der Waals surface area contributed by atoms with Crippen LogP contribution in [0.15, 0.2) is 35.9 Å². The molecule has 2 rings (SSSR count). The van der Waals surface area contributed by atoms with Crippen LogP contribution in [0.3, 0.4) is 0 Å². The minimum atomic E-state index is -1.23. The molecule has 0 radical (unpaired) electrons. The standard InChI is InChI=1S/C43H63N5O12S/c1-26(2)31(19-27(3)37(53)44-33(60-25-50)23-58-24-49)46(10)40(56)35(42(4,5)6)45-38(54)36(43(7,8)9)47(11)41(57)59-22-29-15-13-28(14-16-29)17-18-30(51)21-48-34(52)20-32(61-12)39(48)55/h13-16,19,24-26,31-33,35-36H,17-18,20-23H2,1-12H3,(H,44,53)(H,45,54)/b27-19+/t31-,32?,33?,35-,36-/m1/s1. The van der Waals surface area contributed by atoms with Crippen LogP contribution in [-0.2, 0) is 65.6 Å². The topological polar surface area (TPSA) is 215 Å². The Labute approximate surface area is 363 Å². The van der Waals surface area contributed by atoms with Gasteiger partial charge in [0.05, 0.1) is 17.8 Å². The van der Waals surface area contributed by atoms with Crippen molar-refractivity contribution in [3.63, 3.8) is 0 Å². The van der Waals surface area contributed by atoms with Crippen molar-refractivity contribution in [2.24, 2.45) is 16.7 Å². The molecule has 0 aliphatic carbocycles. The number of amides is 6. The zero-order valence-electron chi connectivity index (χ0n) is 37.4. The van der Waals surface area contributed by atoms with Crippen LogP contribution in [0.1, 0.15) is 86.3 Å². The summed E-state index contributed by atoms with van der Waals surface area (Å²) in [5.41, 5.74) is 0.0760. The average Bonchev–Trinajstić information content (AvgIpc) is 3.45. The molecule has 0 saturated carbocycles. The van der Waals surface area contributed by atoms with Gasteiger partial charge in [-0.05, 0) is 47.5 Å². The van der Waals surface area contributed by atoms with Crippen molar-refractivity contribution in [2.75, 3.05) is 33.5 Å². The molecule has 0 spiro atoms. The van der Waals surface area contributed by atoms with Crippen LogP contribution in [-0.4, -0.2) is 132 Å². The first-order valence-electron chi connectivity index (χ1n) is 19.9. The number of carbonyl (C=O) groups is 9. The second-order valence-electron chi connectivity index (χ2n) is 17.5. The summed E-state index contributed by atoms with van der Waals surface area (Å²) in [4.78, 5) is 117. The predicted molar refractivity (Wildman–Crippen MR) is 227 cm³/mol. The maximum Gasteiger partial charge on any atom is 0.410 e. The van der Waals surface area contributed by atoms with E-state index >= 15 is 0 Å². The van der Waals surface area contributed by atoms with Crippen molar-refractivity contribution < 1.29 is 57.4 Å². The number of rotatable bonds is 22. The molecule has 0 aromatic heterocycles. The molecule has 2 unspecified atom stereocenters. The lowest BCUT2D eigenvalue weighted by molar-refractivity contribution is -0.146. The third kappa shape index (κ3) is 15.3. The molecule has 338 valence electrons. The van der Waals surface area contributed by atoms with Crippen molar-refractivity contribution in [3.05, 3.63) is 47.0 Å². The monoisotopic (exact) mass is 873 g/mol. The summed E-state index contributed by atoms with van der Waals surface area (Å²) in [6.07, 6.45) is 1.98. The van der Waals surface area contributed by atoms with Gasteiger partial charge in [0, 0.05) is 32.5 Å². The van der Waals surface area contributed by atoms with Gasteiger partial charge in [0.15, 0.2) is 5.78 Å². The smallest absolute Gasteiger partial charge is 0.410 e. The average molecular weight is 874 g/mol. The Morgan fingerprint density at radius 3 is 2.03 bits per heavy atom. The predicted octanol–water partition coefficient (Wildman–Crippen LogP) is 3.41. The molecule has 5 atom stereocenters. The minimum Gasteiger partial charge on any atom is -0.462 e. The maximum atomic E-state index is 14.3. The Morgan fingerprint density at radius 2 is 1.52 bits per heavy atom. The summed E-state index contributed by atoms with van der Waals surface area (Å²) < 4.78 is 15.0. The Bertz CT molecular complexity index is 1790. The van der Waals surface area contributed by atoms with Gasteiger partial charge in [0.2, 0.25) is 35.8 Å². The zero-order valence-corrected chi connectivity index (χ0v) is 38.2. The Morgan fingerprint density at radius 1 is 0.918 bits per heavy atom. The third-order valence-electron chi connectivity index (χ3n) is 10.1. The second kappa shape index (κ2) is 23.1. The molecule has 0 bridgehead atoms. The molecule has 1 aliphatic heterocycles. The van der Waals surface area contributed by atoms with E-state index < -0.39 is 70.9 Å². The largest absolute Gasteiger partial charge is 0.462 e. The first-order chi connectivity index (χ1) is 28.4. The molecule has 61 heavy (non-hydrogen) atoms. The van der Waals surface area contributed by atoms with E-state index in [-0.39, 0.29) is 68.0 Å². The van der Waals surface area contributed by atoms with E-state index in [0.29, 0.717) is 12.0 Å². The Kier molecular flexibility index (Phi) is 19.6. The van der Waals surface area contributed by atoms with Crippen molar-refractivity contribution in [1.29, 1.82) is 0 Å². The highest BCUT2D eigenvalue weighted by Gasteiger charge is 2.43. The summed E-state index contributed by atoms with van der Waals surface area (Å²) in [6.45, 7) is 15.5. The van der Waals surface area contributed by atoms with Crippen LogP contribution in [0.25, 0.3) is 0 Å². The number of ketones is 1. The fourth-order valence-corrected chi connectivity index (χ4v) is 7.36. The van der Waals surface area contributed by atoms with Crippen LogP contribution in [0.4, 0.5) is 4.79 Å².